The van der Waals surface area contributed by atoms with Crippen LogP contribution in [0.2, 0.25) is 0 Å². The second-order valence-corrected chi connectivity index (χ2v) is 4.29. The van der Waals surface area contributed by atoms with Gasteiger partial charge in [-0.2, -0.15) is 0 Å². The lowest BCUT2D eigenvalue weighted by atomic mass is 10.1. The molecule has 0 fully saturated rings. The molecule has 0 aliphatic rings. The van der Waals surface area contributed by atoms with Gasteiger partial charge in [-0.3, -0.25) is 4.79 Å². The minimum Gasteiger partial charge on any atom is -0.489 e. The molecule has 1 aromatic carbocycles. The molecule has 0 saturated heterocycles. The molecule has 1 rings (SSSR count). The first-order chi connectivity index (χ1) is 7.95. The molecule has 1 unspecified atom stereocenters. The van der Waals surface area contributed by atoms with Gasteiger partial charge >= 0.3 is 0 Å². The van der Waals surface area contributed by atoms with Crippen LogP contribution >= 0.6 is 0 Å². The van der Waals surface area contributed by atoms with E-state index in [9.17, 15) is 4.79 Å². The fraction of sp³-hybridized carbons (Fsp3) is 0.462. The van der Waals surface area contributed by atoms with Gasteiger partial charge in [-0.05, 0) is 31.5 Å². The van der Waals surface area contributed by atoms with Crippen LogP contribution in [0.1, 0.15) is 30.6 Å². The lowest BCUT2D eigenvalue weighted by Crippen LogP contribution is -2.21. The van der Waals surface area contributed by atoms with Gasteiger partial charge in [0, 0.05) is 19.7 Å². The van der Waals surface area contributed by atoms with E-state index in [1.165, 1.54) is 4.90 Å². The Morgan fingerprint density at radius 1 is 1.47 bits per heavy atom. The summed E-state index contributed by atoms with van der Waals surface area (Å²) in [5.41, 5.74) is 6.94. The van der Waals surface area contributed by atoms with Gasteiger partial charge in [0.15, 0.2) is 0 Å². The maximum Gasteiger partial charge on any atom is 0.253 e. The van der Waals surface area contributed by atoms with Gasteiger partial charge in [0.1, 0.15) is 5.75 Å². The predicted octanol–water partition coefficient (Wildman–Crippen LogP) is 2.15. The first kappa shape index (κ1) is 13.4. The van der Waals surface area contributed by atoms with Gasteiger partial charge in [0.05, 0.1) is 11.8 Å². The number of carbonyl (C=O) groups excluding carboxylic acids is 1. The van der Waals surface area contributed by atoms with Gasteiger partial charge in [0.25, 0.3) is 5.91 Å². The van der Waals surface area contributed by atoms with E-state index >= 15 is 0 Å². The Hall–Kier alpha value is -1.71. The molecule has 0 bridgehead atoms. The molecule has 0 aromatic heterocycles. The van der Waals surface area contributed by atoms with Crippen LogP contribution in [0.5, 0.6) is 5.75 Å². The Morgan fingerprint density at radius 3 is 2.59 bits per heavy atom. The van der Waals surface area contributed by atoms with Crippen molar-refractivity contribution in [2.24, 2.45) is 0 Å². The molecule has 0 heterocycles. The Labute approximate surface area is 102 Å². The fourth-order valence-corrected chi connectivity index (χ4v) is 1.35. The number of nitrogens with two attached hydrogens (primary N) is 1. The second kappa shape index (κ2) is 5.57. The van der Waals surface area contributed by atoms with Crippen molar-refractivity contribution in [3.05, 3.63) is 23.8 Å². The Kier molecular flexibility index (Phi) is 4.37. The Bertz CT molecular complexity index is 402. The highest BCUT2D eigenvalue weighted by Gasteiger charge is 2.11. The largest absolute Gasteiger partial charge is 0.489 e. The molecular weight excluding hydrogens is 216 g/mol. The Morgan fingerprint density at radius 2 is 2.12 bits per heavy atom. The van der Waals surface area contributed by atoms with Crippen molar-refractivity contribution >= 4 is 11.6 Å². The maximum atomic E-state index is 11.7. The number of benzene rings is 1. The van der Waals surface area contributed by atoms with Crippen LogP contribution in [-0.4, -0.2) is 31.0 Å². The molecule has 17 heavy (non-hydrogen) atoms. The van der Waals surface area contributed by atoms with Crippen molar-refractivity contribution in [3.63, 3.8) is 0 Å². The van der Waals surface area contributed by atoms with E-state index in [1.807, 2.05) is 13.8 Å². The fourth-order valence-electron chi connectivity index (χ4n) is 1.35. The lowest BCUT2D eigenvalue weighted by Gasteiger charge is -2.16. The number of rotatable bonds is 4. The summed E-state index contributed by atoms with van der Waals surface area (Å²) >= 11 is 0. The third-order valence-electron chi connectivity index (χ3n) is 2.57. The van der Waals surface area contributed by atoms with Gasteiger partial charge in [-0.15, -0.1) is 0 Å². The van der Waals surface area contributed by atoms with Crippen molar-refractivity contribution in [2.75, 3.05) is 19.8 Å². The molecule has 4 nitrogen and oxygen atoms in total. The van der Waals surface area contributed by atoms with Crippen molar-refractivity contribution in [1.29, 1.82) is 0 Å². The first-order valence-electron chi connectivity index (χ1n) is 5.73. The standard InChI is InChI=1S/C13H20N2O2/c1-5-9(2)17-12-7-6-10(8-11(12)14)13(16)15(3)4/h6-9H,5,14H2,1-4H3. The van der Waals surface area contributed by atoms with Crippen molar-refractivity contribution in [1.82, 2.24) is 4.90 Å². The highest BCUT2D eigenvalue weighted by molar-refractivity contribution is 5.95. The third-order valence-corrected chi connectivity index (χ3v) is 2.57. The number of anilines is 1. The van der Waals surface area contributed by atoms with Gasteiger partial charge in [0.2, 0.25) is 0 Å². The van der Waals surface area contributed by atoms with Gasteiger partial charge in [-0.25, -0.2) is 0 Å². The zero-order valence-corrected chi connectivity index (χ0v) is 10.9. The maximum absolute atomic E-state index is 11.7. The third kappa shape index (κ3) is 3.37. The molecule has 1 aromatic rings. The summed E-state index contributed by atoms with van der Waals surface area (Å²) < 4.78 is 5.64. The number of nitrogens with zero attached hydrogens (tertiary/aromatic N) is 1. The number of amides is 1. The summed E-state index contributed by atoms with van der Waals surface area (Å²) in [6, 6.07) is 5.13. The van der Waals surface area contributed by atoms with E-state index in [4.69, 9.17) is 10.5 Å². The lowest BCUT2D eigenvalue weighted by molar-refractivity contribution is 0.0827. The first-order valence-corrected chi connectivity index (χ1v) is 5.73. The smallest absolute Gasteiger partial charge is 0.253 e. The van der Waals surface area contributed by atoms with E-state index in [1.54, 1.807) is 32.3 Å². The SMILES string of the molecule is CCC(C)Oc1ccc(C(=O)N(C)C)cc1N. The summed E-state index contributed by atoms with van der Waals surface area (Å²) in [5.74, 6) is 0.571. The summed E-state index contributed by atoms with van der Waals surface area (Å²) in [4.78, 5) is 13.2. The van der Waals surface area contributed by atoms with Crippen LogP contribution in [0.25, 0.3) is 0 Å². The van der Waals surface area contributed by atoms with E-state index in [0.29, 0.717) is 17.0 Å². The van der Waals surface area contributed by atoms with Crippen molar-refractivity contribution in [2.45, 2.75) is 26.4 Å². The van der Waals surface area contributed by atoms with Crippen LogP contribution in [0.15, 0.2) is 18.2 Å². The Balaban J connectivity index is 2.90. The van der Waals surface area contributed by atoms with Crippen molar-refractivity contribution < 1.29 is 9.53 Å². The minimum atomic E-state index is -0.0632. The van der Waals surface area contributed by atoms with Crippen LogP contribution in [0.4, 0.5) is 5.69 Å². The topological polar surface area (TPSA) is 55.6 Å². The molecular formula is C13H20N2O2. The molecule has 94 valence electrons. The predicted molar refractivity (Wildman–Crippen MR) is 69.3 cm³/mol. The van der Waals surface area contributed by atoms with Crippen LogP contribution in [-0.2, 0) is 0 Å². The molecule has 0 spiro atoms. The molecule has 0 aliphatic heterocycles. The highest BCUT2D eigenvalue weighted by atomic mass is 16.5. The summed E-state index contributed by atoms with van der Waals surface area (Å²) in [5, 5.41) is 0. The van der Waals surface area contributed by atoms with Gasteiger partial charge < -0.3 is 15.4 Å². The van der Waals surface area contributed by atoms with E-state index in [-0.39, 0.29) is 12.0 Å². The quantitative estimate of drug-likeness (QED) is 0.815. The van der Waals surface area contributed by atoms with E-state index in [0.717, 1.165) is 6.42 Å². The average molecular weight is 236 g/mol. The molecule has 1 atom stereocenters. The van der Waals surface area contributed by atoms with E-state index in [2.05, 4.69) is 0 Å². The number of hydrogen-bond acceptors (Lipinski definition) is 3. The summed E-state index contributed by atoms with van der Waals surface area (Å²) in [6.07, 6.45) is 1.03. The summed E-state index contributed by atoms with van der Waals surface area (Å²) in [7, 11) is 3.42. The molecule has 2 N–H and O–H groups in total. The average Bonchev–Trinajstić information content (AvgIpc) is 2.30. The van der Waals surface area contributed by atoms with Gasteiger partial charge in [-0.1, -0.05) is 6.92 Å². The number of hydrogen-bond donors (Lipinski definition) is 1. The van der Waals surface area contributed by atoms with Crippen LogP contribution < -0.4 is 10.5 Å². The second-order valence-electron chi connectivity index (χ2n) is 4.29. The monoisotopic (exact) mass is 236 g/mol. The normalized spacial score (nSPS) is 12.0. The zero-order valence-electron chi connectivity index (χ0n) is 10.9. The van der Waals surface area contributed by atoms with Crippen LogP contribution in [0.3, 0.4) is 0 Å². The summed E-state index contributed by atoms with van der Waals surface area (Å²) in [6.45, 7) is 4.03. The molecule has 1 amide bonds. The molecule has 4 heteroatoms. The molecule has 0 radical (unpaired) electrons. The molecule has 0 saturated carbocycles. The van der Waals surface area contributed by atoms with E-state index < -0.39 is 0 Å². The number of nitrogen functional groups attached to an aromatic ring is 1. The van der Waals surface area contributed by atoms with Crippen LogP contribution in [0, 0.1) is 0 Å². The minimum absolute atomic E-state index is 0.0632. The zero-order chi connectivity index (χ0) is 13.0. The number of carbonyl (C=O) groups is 1. The molecule has 0 aliphatic carbocycles. The highest BCUT2D eigenvalue weighted by Crippen LogP contribution is 2.24. The van der Waals surface area contributed by atoms with Crippen molar-refractivity contribution in [3.8, 4) is 5.75 Å². The number of ether oxygens (including phenoxy) is 1.